The first kappa shape index (κ1) is 18.7. The number of methoxy groups -OCH3 is 2. The number of hydrogen-bond acceptors (Lipinski definition) is 4. The minimum atomic E-state index is -4.59. The van der Waals surface area contributed by atoms with Crippen LogP contribution in [0.2, 0.25) is 0 Å². The molecule has 0 bridgehead atoms. The van der Waals surface area contributed by atoms with E-state index >= 15 is 0 Å². The zero-order valence-corrected chi connectivity index (χ0v) is 13.4. The second kappa shape index (κ2) is 7.96. The van der Waals surface area contributed by atoms with E-state index in [0.717, 1.165) is 12.1 Å². The molecule has 3 atom stereocenters. The molecule has 0 aromatic heterocycles. The van der Waals surface area contributed by atoms with E-state index in [1.807, 2.05) is 0 Å². The van der Waals surface area contributed by atoms with Gasteiger partial charge in [-0.2, -0.15) is 13.2 Å². The standard InChI is InChI=1S/C16H20F3NO4/c1-22-13-9-24-8-10(14(13)23-2)7-20-15(21)11-5-3-4-6-12(11)16(17,18)19/h3-6,10,13-14H,7-9H2,1-2H3,(H,20,21)/t10-,13-,14+/m1/s1. The normalized spacial score (nSPS) is 24.6. The predicted octanol–water partition coefficient (Wildman–Crippen LogP) is 2.11. The highest BCUT2D eigenvalue weighted by Crippen LogP contribution is 2.31. The molecule has 0 saturated carbocycles. The Bertz CT molecular complexity index is 564. The van der Waals surface area contributed by atoms with Gasteiger partial charge in [0.2, 0.25) is 0 Å². The average Bonchev–Trinajstić information content (AvgIpc) is 2.58. The molecule has 8 heteroatoms. The van der Waals surface area contributed by atoms with Gasteiger partial charge in [-0.15, -0.1) is 0 Å². The van der Waals surface area contributed by atoms with E-state index in [1.165, 1.54) is 26.4 Å². The van der Waals surface area contributed by atoms with Gasteiger partial charge in [0.15, 0.2) is 0 Å². The number of nitrogens with one attached hydrogen (secondary N) is 1. The number of carbonyl (C=O) groups is 1. The van der Waals surface area contributed by atoms with Crippen LogP contribution in [0.4, 0.5) is 13.2 Å². The minimum Gasteiger partial charge on any atom is -0.378 e. The van der Waals surface area contributed by atoms with Crippen molar-refractivity contribution in [2.24, 2.45) is 5.92 Å². The van der Waals surface area contributed by atoms with Crippen molar-refractivity contribution in [3.8, 4) is 0 Å². The zero-order chi connectivity index (χ0) is 17.7. The number of carbonyl (C=O) groups excluding carboxylic acids is 1. The smallest absolute Gasteiger partial charge is 0.378 e. The molecular weight excluding hydrogens is 327 g/mol. The van der Waals surface area contributed by atoms with E-state index in [1.54, 1.807) is 0 Å². The molecule has 1 aliphatic rings. The van der Waals surface area contributed by atoms with Crippen LogP contribution in [0.3, 0.4) is 0 Å². The molecule has 0 radical (unpaired) electrons. The Labute approximate surface area is 138 Å². The summed E-state index contributed by atoms with van der Waals surface area (Å²) in [6, 6.07) is 4.68. The Balaban J connectivity index is 2.06. The van der Waals surface area contributed by atoms with Crippen molar-refractivity contribution >= 4 is 5.91 Å². The number of ether oxygens (including phenoxy) is 3. The van der Waals surface area contributed by atoms with Gasteiger partial charge in [0.05, 0.1) is 30.4 Å². The molecule has 1 amide bonds. The third kappa shape index (κ3) is 4.25. The molecule has 134 valence electrons. The number of amides is 1. The molecular formula is C16H20F3NO4. The summed E-state index contributed by atoms with van der Waals surface area (Å²) in [6.45, 7) is 0.833. The number of rotatable bonds is 5. The lowest BCUT2D eigenvalue weighted by Crippen LogP contribution is -2.50. The van der Waals surface area contributed by atoms with Gasteiger partial charge in [0, 0.05) is 26.7 Å². The summed E-state index contributed by atoms with van der Waals surface area (Å²) < 4.78 is 55.0. The molecule has 24 heavy (non-hydrogen) atoms. The monoisotopic (exact) mass is 347 g/mol. The molecule has 1 N–H and O–H groups in total. The van der Waals surface area contributed by atoms with Crippen LogP contribution in [-0.2, 0) is 20.4 Å². The van der Waals surface area contributed by atoms with E-state index in [9.17, 15) is 18.0 Å². The van der Waals surface area contributed by atoms with Crippen LogP contribution in [0, 0.1) is 5.92 Å². The lowest BCUT2D eigenvalue weighted by Gasteiger charge is -2.36. The fourth-order valence-electron chi connectivity index (χ4n) is 2.80. The van der Waals surface area contributed by atoms with Gasteiger partial charge in [0.25, 0.3) is 5.91 Å². The number of hydrogen-bond donors (Lipinski definition) is 1. The largest absolute Gasteiger partial charge is 0.417 e. The summed E-state index contributed by atoms with van der Waals surface area (Å²) in [5, 5.41) is 2.54. The molecule has 2 rings (SSSR count). The summed E-state index contributed by atoms with van der Waals surface area (Å²) >= 11 is 0. The van der Waals surface area contributed by atoms with E-state index < -0.39 is 23.2 Å². The number of benzene rings is 1. The maximum Gasteiger partial charge on any atom is 0.417 e. The van der Waals surface area contributed by atoms with Crippen LogP contribution in [0.1, 0.15) is 15.9 Å². The highest BCUT2D eigenvalue weighted by Gasteiger charge is 2.37. The van der Waals surface area contributed by atoms with Gasteiger partial charge in [-0.3, -0.25) is 4.79 Å². The fraction of sp³-hybridized carbons (Fsp3) is 0.562. The Morgan fingerprint density at radius 3 is 2.58 bits per heavy atom. The van der Waals surface area contributed by atoms with Crippen LogP contribution in [-0.4, -0.2) is 52.1 Å². The lowest BCUT2D eigenvalue weighted by atomic mass is 9.95. The van der Waals surface area contributed by atoms with Gasteiger partial charge >= 0.3 is 6.18 Å². The summed E-state index contributed by atoms with van der Waals surface area (Å²) in [5.41, 5.74) is -1.36. The van der Waals surface area contributed by atoms with E-state index in [4.69, 9.17) is 14.2 Å². The van der Waals surface area contributed by atoms with Gasteiger partial charge in [0.1, 0.15) is 6.10 Å². The second-order valence-corrected chi connectivity index (χ2v) is 5.53. The maximum absolute atomic E-state index is 13.0. The third-order valence-corrected chi connectivity index (χ3v) is 4.02. The fourth-order valence-corrected chi connectivity index (χ4v) is 2.80. The predicted molar refractivity (Wildman–Crippen MR) is 79.7 cm³/mol. The topological polar surface area (TPSA) is 56.8 Å². The number of halogens is 3. The first-order chi connectivity index (χ1) is 11.4. The van der Waals surface area contributed by atoms with Gasteiger partial charge in [-0.25, -0.2) is 0 Å². The highest BCUT2D eigenvalue weighted by molar-refractivity contribution is 5.95. The molecule has 0 unspecified atom stereocenters. The second-order valence-electron chi connectivity index (χ2n) is 5.53. The van der Waals surface area contributed by atoms with Crippen LogP contribution in [0.25, 0.3) is 0 Å². The van der Waals surface area contributed by atoms with Crippen LogP contribution in [0.15, 0.2) is 24.3 Å². The van der Waals surface area contributed by atoms with Crippen molar-refractivity contribution in [3.63, 3.8) is 0 Å². The molecule has 5 nitrogen and oxygen atoms in total. The van der Waals surface area contributed by atoms with Crippen molar-refractivity contribution in [3.05, 3.63) is 35.4 Å². The first-order valence-electron chi connectivity index (χ1n) is 7.46. The zero-order valence-electron chi connectivity index (χ0n) is 13.4. The lowest BCUT2D eigenvalue weighted by molar-refractivity contribution is -0.145. The third-order valence-electron chi connectivity index (χ3n) is 4.02. The quantitative estimate of drug-likeness (QED) is 0.886. The summed E-state index contributed by atoms with van der Waals surface area (Å²) in [6.07, 6.45) is -5.17. The number of alkyl halides is 3. The molecule has 1 aromatic rings. The van der Waals surface area contributed by atoms with Crippen molar-refractivity contribution < 1.29 is 32.2 Å². The maximum atomic E-state index is 13.0. The van der Waals surface area contributed by atoms with Gasteiger partial charge in [-0.05, 0) is 12.1 Å². The van der Waals surface area contributed by atoms with Crippen LogP contribution < -0.4 is 5.32 Å². The molecule has 1 aliphatic heterocycles. The molecule has 1 aromatic carbocycles. The Kier molecular flexibility index (Phi) is 6.20. The Morgan fingerprint density at radius 2 is 1.96 bits per heavy atom. The molecule has 0 aliphatic carbocycles. The summed E-state index contributed by atoms with van der Waals surface area (Å²) in [4.78, 5) is 12.2. The average molecular weight is 347 g/mol. The summed E-state index contributed by atoms with van der Waals surface area (Å²) in [7, 11) is 3.05. The molecule has 1 fully saturated rings. The minimum absolute atomic E-state index is 0.128. The van der Waals surface area contributed by atoms with Crippen LogP contribution >= 0.6 is 0 Å². The van der Waals surface area contributed by atoms with Crippen molar-refractivity contribution in [1.29, 1.82) is 0 Å². The Morgan fingerprint density at radius 1 is 1.25 bits per heavy atom. The molecule has 1 saturated heterocycles. The van der Waals surface area contributed by atoms with Gasteiger partial charge in [-0.1, -0.05) is 12.1 Å². The van der Waals surface area contributed by atoms with Crippen LogP contribution in [0.5, 0.6) is 0 Å². The highest BCUT2D eigenvalue weighted by atomic mass is 19.4. The Hall–Kier alpha value is -1.64. The molecule has 1 heterocycles. The van der Waals surface area contributed by atoms with Gasteiger partial charge < -0.3 is 19.5 Å². The van der Waals surface area contributed by atoms with Crippen molar-refractivity contribution in [2.45, 2.75) is 18.4 Å². The SMILES string of the molecule is CO[C@H]1[C@H](CNC(=O)c2ccccc2C(F)(F)F)COC[C@H]1OC. The molecule has 0 spiro atoms. The van der Waals surface area contributed by atoms with E-state index in [-0.39, 0.29) is 24.7 Å². The van der Waals surface area contributed by atoms with E-state index in [2.05, 4.69) is 5.32 Å². The van der Waals surface area contributed by atoms with Crippen molar-refractivity contribution in [2.75, 3.05) is 34.0 Å². The van der Waals surface area contributed by atoms with Crippen molar-refractivity contribution in [1.82, 2.24) is 5.32 Å². The summed E-state index contributed by atoms with van der Waals surface area (Å²) in [5.74, 6) is -0.993. The van der Waals surface area contributed by atoms with E-state index in [0.29, 0.717) is 13.2 Å². The first-order valence-corrected chi connectivity index (χ1v) is 7.46.